The number of nitrogens with zero attached hydrogens (tertiary/aromatic N) is 1. The molecule has 1 aliphatic carbocycles. The Morgan fingerprint density at radius 2 is 1.71 bits per heavy atom. The molecule has 3 rings (SSSR count). The molecule has 31 heavy (non-hydrogen) atoms. The molecule has 1 fully saturated rings. The van der Waals surface area contributed by atoms with Gasteiger partial charge in [-0.15, -0.1) is 0 Å². The number of rotatable bonds is 6. The van der Waals surface area contributed by atoms with Crippen LogP contribution in [0, 0.1) is 0 Å². The average molecular weight is 436 g/mol. The SMILES string of the molecule is COc1ccc(-c2ccc(C(F)(F)F)cc2)cc1CNC1CCC(N(C)C(=O)O)CC1. The second-order valence-electron chi connectivity index (χ2n) is 7.88. The molecular formula is C23H27F3N2O3. The lowest BCUT2D eigenvalue weighted by Gasteiger charge is -2.33. The van der Waals surface area contributed by atoms with Gasteiger partial charge in [0.25, 0.3) is 0 Å². The summed E-state index contributed by atoms with van der Waals surface area (Å²) in [5.74, 6) is 0.711. The van der Waals surface area contributed by atoms with Crippen molar-refractivity contribution in [2.24, 2.45) is 0 Å². The van der Waals surface area contributed by atoms with Gasteiger partial charge in [0.1, 0.15) is 5.75 Å². The maximum Gasteiger partial charge on any atom is 0.416 e. The van der Waals surface area contributed by atoms with Gasteiger partial charge >= 0.3 is 12.3 Å². The topological polar surface area (TPSA) is 61.8 Å². The molecule has 5 nitrogen and oxygen atoms in total. The van der Waals surface area contributed by atoms with Crippen LogP contribution in [0.5, 0.6) is 5.75 Å². The summed E-state index contributed by atoms with van der Waals surface area (Å²) in [5.41, 5.74) is 1.77. The van der Waals surface area contributed by atoms with Gasteiger partial charge in [0, 0.05) is 31.2 Å². The number of ether oxygens (including phenoxy) is 1. The molecule has 0 aromatic heterocycles. The fourth-order valence-corrected chi connectivity index (χ4v) is 4.03. The van der Waals surface area contributed by atoms with Gasteiger partial charge in [-0.1, -0.05) is 18.2 Å². The van der Waals surface area contributed by atoms with E-state index < -0.39 is 17.8 Å². The van der Waals surface area contributed by atoms with Gasteiger partial charge in [-0.05, 0) is 61.1 Å². The normalized spacial score (nSPS) is 19.1. The van der Waals surface area contributed by atoms with E-state index in [2.05, 4.69) is 5.32 Å². The Balaban J connectivity index is 1.66. The summed E-state index contributed by atoms with van der Waals surface area (Å²) < 4.78 is 43.9. The Hall–Kier alpha value is -2.74. The van der Waals surface area contributed by atoms with Gasteiger partial charge in [-0.3, -0.25) is 0 Å². The number of methoxy groups -OCH3 is 1. The van der Waals surface area contributed by atoms with Gasteiger partial charge in [-0.25, -0.2) is 4.79 Å². The van der Waals surface area contributed by atoms with Crippen LogP contribution in [0.2, 0.25) is 0 Å². The smallest absolute Gasteiger partial charge is 0.416 e. The van der Waals surface area contributed by atoms with Crippen LogP contribution in [0.15, 0.2) is 42.5 Å². The van der Waals surface area contributed by atoms with E-state index in [0.29, 0.717) is 17.9 Å². The Morgan fingerprint density at radius 3 is 2.26 bits per heavy atom. The van der Waals surface area contributed by atoms with Crippen LogP contribution in [-0.4, -0.2) is 42.3 Å². The quantitative estimate of drug-likeness (QED) is 0.637. The Bertz CT molecular complexity index is 892. The van der Waals surface area contributed by atoms with Crippen molar-refractivity contribution >= 4 is 6.09 Å². The highest BCUT2D eigenvalue weighted by atomic mass is 19.4. The molecule has 0 heterocycles. The summed E-state index contributed by atoms with van der Waals surface area (Å²) >= 11 is 0. The molecule has 0 spiro atoms. The maximum atomic E-state index is 12.8. The van der Waals surface area contributed by atoms with E-state index in [4.69, 9.17) is 9.84 Å². The zero-order valence-electron chi connectivity index (χ0n) is 17.6. The lowest BCUT2D eigenvalue weighted by Crippen LogP contribution is -2.42. The molecule has 8 heteroatoms. The number of benzene rings is 2. The number of nitrogens with one attached hydrogen (secondary N) is 1. The summed E-state index contributed by atoms with van der Waals surface area (Å²) in [5, 5.41) is 12.6. The summed E-state index contributed by atoms with van der Waals surface area (Å²) in [6, 6.07) is 11.0. The first-order chi connectivity index (χ1) is 14.7. The van der Waals surface area contributed by atoms with Gasteiger partial charge in [0.15, 0.2) is 0 Å². The van der Waals surface area contributed by atoms with Gasteiger partial charge < -0.3 is 20.1 Å². The molecule has 0 unspecified atom stereocenters. The number of halogens is 3. The van der Waals surface area contributed by atoms with E-state index in [1.54, 1.807) is 14.2 Å². The van der Waals surface area contributed by atoms with Crippen molar-refractivity contribution in [1.29, 1.82) is 0 Å². The highest BCUT2D eigenvalue weighted by Gasteiger charge is 2.30. The molecule has 1 saturated carbocycles. The van der Waals surface area contributed by atoms with Crippen molar-refractivity contribution < 1.29 is 27.8 Å². The lowest BCUT2D eigenvalue weighted by molar-refractivity contribution is -0.137. The highest BCUT2D eigenvalue weighted by molar-refractivity contribution is 5.66. The predicted octanol–water partition coefficient (Wildman–Crippen LogP) is 5.39. The second-order valence-corrected chi connectivity index (χ2v) is 7.88. The molecule has 168 valence electrons. The fourth-order valence-electron chi connectivity index (χ4n) is 4.03. The minimum Gasteiger partial charge on any atom is -0.496 e. The highest BCUT2D eigenvalue weighted by Crippen LogP contribution is 2.32. The van der Waals surface area contributed by atoms with E-state index in [-0.39, 0.29) is 12.1 Å². The van der Waals surface area contributed by atoms with Crippen molar-refractivity contribution in [3.8, 4) is 16.9 Å². The van der Waals surface area contributed by atoms with Gasteiger partial charge in [-0.2, -0.15) is 13.2 Å². The fraction of sp³-hybridized carbons (Fsp3) is 0.435. The first-order valence-corrected chi connectivity index (χ1v) is 10.2. The summed E-state index contributed by atoms with van der Waals surface area (Å²) in [6.45, 7) is 0.557. The van der Waals surface area contributed by atoms with Gasteiger partial charge in [0.2, 0.25) is 0 Å². The van der Waals surface area contributed by atoms with E-state index in [1.165, 1.54) is 17.0 Å². The lowest BCUT2D eigenvalue weighted by atomic mass is 9.90. The molecule has 0 bridgehead atoms. The third-order valence-corrected chi connectivity index (χ3v) is 5.95. The monoisotopic (exact) mass is 436 g/mol. The molecule has 2 aromatic rings. The molecule has 0 aliphatic heterocycles. The average Bonchev–Trinajstić information content (AvgIpc) is 2.76. The third kappa shape index (κ3) is 5.70. The number of amides is 1. The molecule has 0 atom stereocenters. The molecule has 2 N–H and O–H groups in total. The van der Waals surface area contributed by atoms with Crippen molar-refractivity contribution in [3.63, 3.8) is 0 Å². The number of hydrogen-bond acceptors (Lipinski definition) is 3. The first kappa shape index (κ1) is 22.9. The number of carboxylic acid groups (broad SMARTS) is 1. The van der Waals surface area contributed by atoms with Crippen LogP contribution in [0.1, 0.15) is 36.8 Å². The minimum absolute atomic E-state index is 0.0492. The van der Waals surface area contributed by atoms with E-state index in [9.17, 15) is 18.0 Å². The van der Waals surface area contributed by atoms with Gasteiger partial charge in [0.05, 0.1) is 12.7 Å². The van der Waals surface area contributed by atoms with Crippen LogP contribution in [0.4, 0.5) is 18.0 Å². The molecule has 0 saturated heterocycles. The second kappa shape index (κ2) is 9.60. The first-order valence-electron chi connectivity index (χ1n) is 10.2. The van der Waals surface area contributed by atoms with Crippen LogP contribution in [-0.2, 0) is 12.7 Å². The van der Waals surface area contributed by atoms with Crippen LogP contribution >= 0.6 is 0 Å². The number of carbonyl (C=O) groups is 1. The van der Waals surface area contributed by atoms with E-state index >= 15 is 0 Å². The number of alkyl halides is 3. The zero-order chi connectivity index (χ0) is 22.6. The molecular weight excluding hydrogens is 409 g/mol. The van der Waals surface area contributed by atoms with Crippen molar-refractivity contribution in [2.75, 3.05) is 14.2 Å². The Kier molecular flexibility index (Phi) is 7.10. The molecule has 0 radical (unpaired) electrons. The molecule has 2 aromatic carbocycles. The minimum atomic E-state index is -4.36. The molecule has 1 aliphatic rings. The van der Waals surface area contributed by atoms with E-state index in [0.717, 1.165) is 48.9 Å². The van der Waals surface area contributed by atoms with Crippen LogP contribution < -0.4 is 10.1 Å². The summed E-state index contributed by atoms with van der Waals surface area (Å²) in [7, 11) is 3.20. The largest absolute Gasteiger partial charge is 0.496 e. The third-order valence-electron chi connectivity index (χ3n) is 5.95. The Morgan fingerprint density at radius 1 is 1.10 bits per heavy atom. The number of hydrogen-bond donors (Lipinski definition) is 2. The van der Waals surface area contributed by atoms with Crippen molar-refractivity contribution in [3.05, 3.63) is 53.6 Å². The van der Waals surface area contributed by atoms with E-state index in [1.807, 2.05) is 18.2 Å². The zero-order valence-corrected chi connectivity index (χ0v) is 17.6. The Labute approximate surface area is 179 Å². The van der Waals surface area contributed by atoms with Crippen LogP contribution in [0.3, 0.4) is 0 Å². The summed E-state index contributed by atoms with van der Waals surface area (Å²) in [6.07, 6.45) is -1.88. The van der Waals surface area contributed by atoms with Crippen molar-refractivity contribution in [2.45, 2.75) is 50.5 Å². The van der Waals surface area contributed by atoms with Crippen LogP contribution in [0.25, 0.3) is 11.1 Å². The standard InChI is InChI=1S/C23H27F3N2O3/c1-28(22(29)30)20-10-8-19(9-11-20)27-14-17-13-16(5-12-21(17)31-2)15-3-6-18(7-4-15)23(24,25)26/h3-7,12-13,19-20,27H,8-11,14H2,1-2H3,(H,29,30). The predicted molar refractivity (Wildman–Crippen MR) is 112 cm³/mol. The maximum absolute atomic E-state index is 12.8. The van der Waals surface area contributed by atoms with Crippen molar-refractivity contribution in [1.82, 2.24) is 10.2 Å². The summed E-state index contributed by atoms with van der Waals surface area (Å²) in [4.78, 5) is 12.5. The molecule has 1 amide bonds.